The lowest BCUT2D eigenvalue weighted by Gasteiger charge is -2.32. The molecular weight excluding hydrogens is 491 g/mol. The Kier molecular flexibility index (Phi) is 7.55. The van der Waals surface area contributed by atoms with Crippen molar-refractivity contribution in [3.63, 3.8) is 0 Å². The third-order valence-corrected chi connectivity index (χ3v) is 6.38. The van der Waals surface area contributed by atoms with E-state index in [4.69, 9.17) is 9.26 Å². The van der Waals surface area contributed by atoms with Crippen LogP contribution in [-0.2, 0) is 17.8 Å². The van der Waals surface area contributed by atoms with E-state index in [9.17, 15) is 14.0 Å². The number of amides is 1. The molecule has 1 aliphatic rings. The van der Waals surface area contributed by atoms with Gasteiger partial charge in [0.25, 0.3) is 11.4 Å². The Labute approximate surface area is 218 Å². The smallest absolute Gasteiger partial charge is 0.278 e. The number of carbonyl (C=O) groups excluding carboxylic acids is 1. The van der Waals surface area contributed by atoms with Gasteiger partial charge in [-0.2, -0.15) is 10.1 Å². The van der Waals surface area contributed by atoms with Crippen LogP contribution < -0.4 is 10.3 Å². The highest BCUT2D eigenvalue weighted by atomic mass is 19.1. The SMILES string of the molecule is CN1CCN(C(=O)Cc2cccc(Cn3nc(-c4nc(-c5ccc(OCF)cc5)no4)ccc3=O)c2)CC1. The van der Waals surface area contributed by atoms with Crippen molar-refractivity contribution in [3.8, 4) is 28.7 Å². The van der Waals surface area contributed by atoms with Crippen LogP contribution in [0.15, 0.2) is 70.0 Å². The molecule has 0 spiro atoms. The summed E-state index contributed by atoms with van der Waals surface area (Å²) >= 11 is 0. The maximum absolute atomic E-state index is 12.7. The molecule has 1 saturated heterocycles. The molecule has 38 heavy (non-hydrogen) atoms. The second-order valence-corrected chi connectivity index (χ2v) is 9.10. The maximum atomic E-state index is 12.7. The fourth-order valence-corrected chi connectivity index (χ4v) is 4.24. The number of carbonyl (C=O) groups is 1. The van der Waals surface area contributed by atoms with Gasteiger partial charge in [-0.1, -0.05) is 29.4 Å². The molecule has 1 aliphatic heterocycles. The van der Waals surface area contributed by atoms with Crippen LogP contribution in [0.2, 0.25) is 0 Å². The highest BCUT2D eigenvalue weighted by Crippen LogP contribution is 2.23. The van der Waals surface area contributed by atoms with E-state index >= 15 is 0 Å². The molecule has 4 aromatic rings. The van der Waals surface area contributed by atoms with Crippen molar-refractivity contribution < 1.29 is 18.4 Å². The Hall–Kier alpha value is -4.38. The van der Waals surface area contributed by atoms with Gasteiger partial charge in [0.1, 0.15) is 11.4 Å². The third-order valence-electron chi connectivity index (χ3n) is 6.38. The molecule has 2 aromatic carbocycles. The molecule has 0 N–H and O–H groups in total. The number of piperazine rings is 1. The van der Waals surface area contributed by atoms with Gasteiger partial charge >= 0.3 is 0 Å². The van der Waals surface area contributed by atoms with Crippen LogP contribution in [0.4, 0.5) is 4.39 Å². The third kappa shape index (κ3) is 5.94. The molecule has 2 aromatic heterocycles. The predicted molar refractivity (Wildman–Crippen MR) is 137 cm³/mol. The summed E-state index contributed by atoms with van der Waals surface area (Å²) in [6.07, 6.45) is 0.311. The van der Waals surface area contributed by atoms with Crippen molar-refractivity contribution in [1.29, 1.82) is 0 Å². The number of aromatic nitrogens is 4. The second-order valence-electron chi connectivity index (χ2n) is 9.10. The molecule has 0 saturated carbocycles. The normalized spacial score (nSPS) is 14.0. The summed E-state index contributed by atoms with van der Waals surface area (Å²) in [6, 6.07) is 17.1. The first-order valence-corrected chi connectivity index (χ1v) is 12.2. The molecule has 1 fully saturated rings. The first-order chi connectivity index (χ1) is 18.5. The van der Waals surface area contributed by atoms with Gasteiger partial charge in [-0.25, -0.2) is 9.07 Å². The largest absolute Gasteiger partial charge is 0.463 e. The predicted octanol–water partition coefficient (Wildman–Crippen LogP) is 2.63. The Morgan fingerprint density at radius 2 is 1.79 bits per heavy atom. The number of benzene rings is 2. The van der Waals surface area contributed by atoms with Gasteiger partial charge in [-0.15, -0.1) is 0 Å². The molecule has 196 valence electrons. The number of hydrogen-bond acceptors (Lipinski definition) is 8. The summed E-state index contributed by atoms with van der Waals surface area (Å²) in [5, 5.41) is 8.41. The molecule has 10 nitrogen and oxygen atoms in total. The summed E-state index contributed by atoms with van der Waals surface area (Å²) in [6.45, 7) is 2.53. The molecule has 0 radical (unpaired) electrons. The van der Waals surface area contributed by atoms with Gasteiger partial charge in [0.2, 0.25) is 18.6 Å². The second kappa shape index (κ2) is 11.3. The molecule has 0 aliphatic carbocycles. The minimum absolute atomic E-state index is 0.101. The summed E-state index contributed by atoms with van der Waals surface area (Å²) in [7, 11) is 2.05. The lowest BCUT2D eigenvalue weighted by Crippen LogP contribution is -2.47. The van der Waals surface area contributed by atoms with Crippen molar-refractivity contribution in [2.24, 2.45) is 0 Å². The van der Waals surface area contributed by atoms with Gasteiger partial charge in [0, 0.05) is 37.8 Å². The van der Waals surface area contributed by atoms with Gasteiger partial charge in [-0.05, 0) is 48.5 Å². The summed E-state index contributed by atoms with van der Waals surface area (Å²) in [4.78, 5) is 33.8. The standard InChI is InChI=1S/C27H27FN6O4/c1-32-11-13-33(14-12-32)25(36)16-19-3-2-4-20(15-19)17-34-24(35)10-9-23(30-34)27-29-26(31-38-27)21-5-7-22(8-6-21)37-18-28/h2-10,15H,11-14,16-18H2,1H3. The van der Waals surface area contributed by atoms with Crippen LogP contribution in [0, 0.1) is 0 Å². The minimum Gasteiger partial charge on any atom is -0.463 e. The molecule has 0 atom stereocenters. The van der Waals surface area contributed by atoms with Crippen molar-refractivity contribution in [3.05, 3.63) is 82.1 Å². The zero-order valence-corrected chi connectivity index (χ0v) is 20.9. The Morgan fingerprint density at radius 3 is 2.55 bits per heavy atom. The van der Waals surface area contributed by atoms with E-state index in [1.165, 1.54) is 16.8 Å². The number of rotatable bonds is 8. The number of nitrogens with zero attached hydrogens (tertiary/aromatic N) is 6. The zero-order valence-electron chi connectivity index (χ0n) is 20.9. The van der Waals surface area contributed by atoms with E-state index in [0.717, 1.165) is 37.3 Å². The zero-order chi connectivity index (χ0) is 26.5. The fraction of sp³-hybridized carbons (Fsp3) is 0.296. The summed E-state index contributed by atoms with van der Waals surface area (Å²) in [5.74, 6) is 0.971. The molecule has 5 rings (SSSR count). The van der Waals surface area contributed by atoms with Gasteiger partial charge in [0.05, 0.1) is 13.0 Å². The Morgan fingerprint density at radius 1 is 1.03 bits per heavy atom. The highest BCUT2D eigenvalue weighted by Gasteiger charge is 2.19. The molecule has 11 heteroatoms. The number of alkyl halides is 1. The topological polar surface area (TPSA) is 107 Å². The highest BCUT2D eigenvalue weighted by molar-refractivity contribution is 5.79. The maximum Gasteiger partial charge on any atom is 0.278 e. The van der Waals surface area contributed by atoms with Crippen molar-refractivity contribution >= 4 is 5.91 Å². The number of ether oxygens (including phenoxy) is 1. The number of likely N-dealkylation sites (N-methyl/N-ethyl adjacent to an activating group) is 1. The van der Waals surface area contributed by atoms with E-state index in [1.807, 2.05) is 29.2 Å². The first-order valence-electron chi connectivity index (χ1n) is 12.2. The molecular formula is C27H27FN6O4. The Balaban J connectivity index is 1.29. The lowest BCUT2D eigenvalue weighted by molar-refractivity contribution is -0.132. The van der Waals surface area contributed by atoms with Gasteiger partial charge < -0.3 is 19.1 Å². The van der Waals surface area contributed by atoms with Crippen LogP contribution in [-0.4, -0.2) is 75.7 Å². The van der Waals surface area contributed by atoms with Crippen molar-refractivity contribution in [1.82, 2.24) is 29.7 Å². The van der Waals surface area contributed by atoms with Crippen LogP contribution in [0.3, 0.4) is 0 Å². The average Bonchev–Trinajstić information content (AvgIpc) is 3.42. The van der Waals surface area contributed by atoms with Crippen molar-refractivity contribution in [2.45, 2.75) is 13.0 Å². The van der Waals surface area contributed by atoms with Crippen LogP contribution in [0.25, 0.3) is 23.0 Å². The lowest BCUT2D eigenvalue weighted by atomic mass is 10.1. The quantitative estimate of drug-likeness (QED) is 0.351. The van der Waals surface area contributed by atoms with Crippen LogP contribution in [0.5, 0.6) is 5.75 Å². The van der Waals surface area contributed by atoms with E-state index in [0.29, 0.717) is 29.3 Å². The first kappa shape index (κ1) is 25.3. The molecule has 0 bridgehead atoms. The fourth-order valence-electron chi connectivity index (χ4n) is 4.24. The number of halogens is 1. The molecule has 1 amide bonds. The van der Waals surface area contributed by atoms with E-state index < -0.39 is 6.86 Å². The van der Waals surface area contributed by atoms with Crippen molar-refractivity contribution in [2.75, 3.05) is 40.1 Å². The number of hydrogen-bond donors (Lipinski definition) is 0. The van der Waals surface area contributed by atoms with Gasteiger partial charge in [-0.3, -0.25) is 9.59 Å². The monoisotopic (exact) mass is 518 g/mol. The summed E-state index contributed by atoms with van der Waals surface area (Å²) < 4.78 is 23.8. The van der Waals surface area contributed by atoms with E-state index in [1.54, 1.807) is 24.3 Å². The van der Waals surface area contributed by atoms with E-state index in [2.05, 4.69) is 27.2 Å². The average molecular weight is 519 g/mol. The Bertz CT molecular complexity index is 1460. The summed E-state index contributed by atoms with van der Waals surface area (Å²) in [5.41, 5.74) is 2.46. The van der Waals surface area contributed by atoms with E-state index in [-0.39, 0.29) is 23.9 Å². The van der Waals surface area contributed by atoms with Crippen LogP contribution >= 0.6 is 0 Å². The minimum atomic E-state index is -0.911. The molecule has 3 heterocycles. The molecule has 0 unspecified atom stereocenters. The van der Waals surface area contributed by atoms with Crippen LogP contribution in [0.1, 0.15) is 11.1 Å². The van der Waals surface area contributed by atoms with Gasteiger partial charge in [0.15, 0.2) is 0 Å².